The van der Waals surface area contributed by atoms with Crippen LogP contribution >= 0.6 is 11.6 Å². The second kappa shape index (κ2) is 11.6. The summed E-state index contributed by atoms with van der Waals surface area (Å²) < 4.78 is 41.7. The SMILES string of the molecule is O=C(Nc1nn[nH]n1)c1ccc(CCc2cc(-c3ccc(OC(F)(F)F)cc3)ccc2-c2cccc(Cl)c2)cc1. The number of ether oxygens (including phenoxy) is 1. The zero-order valence-corrected chi connectivity index (χ0v) is 21.5. The van der Waals surface area contributed by atoms with Gasteiger partial charge in [0.25, 0.3) is 11.9 Å². The van der Waals surface area contributed by atoms with Gasteiger partial charge in [0, 0.05) is 10.6 Å². The first kappa shape index (κ1) is 26.9. The lowest BCUT2D eigenvalue weighted by atomic mass is 9.91. The molecule has 0 radical (unpaired) electrons. The Morgan fingerprint density at radius 1 is 0.875 bits per heavy atom. The summed E-state index contributed by atoms with van der Waals surface area (Å²) in [6, 6.07) is 26.5. The van der Waals surface area contributed by atoms with Gasteiger partial charge in [-0.3, -0.25) is 10.1 Å². The zero-order valence-electron chi connectivity index (χ0n) is 20.7. The molecule has 0 saturated heterocycles. The molecule has 1 heterocycles. The van der Waals surface area contributed by atoms with Gasteiger partial charge in [-0.1, -0.05) is 71.3 Å². The molecule has 1 aromatic heterocycles. The lowest BCUT2D eigenvalue weighted by molar-refractivity contribution is -0.274. The van der Waals surface area contributed by atoms with Gasteiger partial charge in [-0.2, -0.15) is 5.21 Å². The highest BCUT2D eigenvalue weighted by Crippen LogP contribution is 2.32. The molecule has 40 heavy (non-hydrogen) atoms. The molecular formula is C29H21ClF3N5O2. The summed E-state index contributed by atoms with van der Waals surface area (Å²) in [5, 5.41) is 16.3. The smallest absolute Gasteiger partial charge is 0.406 e. The van der Waals surface area contributed by atoms with Crippen molar-refractivity contribution in [2.75, 3.05) is 5.32 Å². The molecule has 4 aromatic carbocycles. The van der Waals surface area contributed by atoms with E-state index in [4.69, 9.17) is 11.6 Å². The van der Waals surface area contributed by atoms with E-state index < -0.39 is 6.36 Å². The molecule has 5 aromatic rings. The number of rotatable bonds is 8. The molecule has 202 valence electrons. The van der Waals surface area contributed by atoms with Gasteiger partial charge in [-0.05, 0) is 87.8 Å². The molecule has 11 heteroatoms. The van der Waals surface area contributed by atoms with Crippen molar-refractivity contribution in [1.82, 2.24) is 20.6 Å². The lowest BCUT2D eigenvalue weighted by Gasteiger charge is -2.14. The van der Waals surface area contributed by atoms with E-state index in [1.54, 1.807) is 30.3 Å². The number of nitrogens with one attached hydrogen (secondary N) is 2. The number of anilines is 1. The summed E-state index contributed by atoms with van der Waals surface area (Å²) in [6.07, 6.45) is -3.40. The fourth-order valence-electron chi connectivity index (χ4n) is 4.26. The van der Waals surface area contributed by atoms with Crippen molar-refractivity contribution in [3.05, 3.63) is 113 Å². The normalized spacial score (nSPS) is 11.3. The van der Waals surface area contributed by atoms with Crippen molar-refractivity contribution in [3.8, 4) is 28.0 Å². The van der Waals surface area contributed by atoms with E-state index in [1.165, 1.54) is 12.1 Å². The third kappa shape index (κ3) is 6.83. The number of carbonyl (C=O) groups is 1. The summed E-state index contributed by atoms with van der Waals surface area (Å²) >= 11 is 6.26. The number of aromatic amines is 1. The molecule has 2 N–H and O–H groups in total. The summed E-state index contributed by atoms with van der Waals surface area (Å²) in [5.41, 5.74) is 6.07. The molecule has 0 aliphatic carbocycles. The zero-order chi connectivity index (χ0) is 28.1. The molecule has 7 nitrogen and oxygen atoms in total. The highest BCUT2D eigenvalue weighted by molar-refractivity contribution is 6.30. The monoisotopic (exact) mass is 563 g/mol. The molecule has 1 amide bonds. The number of H-pyrrole nitrogens is 1. The van der Waals surface area contributed by atoms with Crippen molar-refractivity contribution in [3.63, 3.8) is 0 Å². The topological polar surface area (TPSA) is 92.8 Å². The molecular weight excluding hydrogens is 543 g/mol. The van der Waals surface area contributed by atoms with E-state index in [9.17, 15) is 18.0 Å². The van der Waals surface area contributed by atoms with E-state index in [2.05, 4.69) is 30.7 Å². The second-order valence-electron chi connectivity index (χ2n) is 8.84. The second-order valence-corrected chi connectivity index (χ2v) is 9.28. The van der Waals surface area contributed by atoms with Crippen LogP contribution in [0.25, 0.3) is 22.3 Å². The largest absolute Gasteiger partial charge is 0.573 e. The van der Waals surface area contributed by atoms with Crippen molar-refractivity contribution in [2.24, 2.45) is 0 Å². The summed E-state index contributed by atoms with van der Waals surface area (Å²) in [6.45, 7) is 0. The Morgan fingerprint density at radius 2 is 1.62 bits per heavy atom. The first-order valence-electron chi connectivity index (χ1n) is 12.1. The maximum absolute atomic E-state index is 12.6. The molecule has 0 bridgehead atoms. The van der Waals surface area contributed by atoms with Gasteiger partial charge >= 0.3 is 6.36 Å². The summed E-state index contributed by atoms with van der Waals surface area (Å²) in [7, 11) is 0. The molecule has 0 unspecified atom stereocenters. The van der Waals surface area contributed by atoms with E-state index >= 15 is 0 Å². The third-order valence-electron chi connectivity index (χ3n) is 6.13. The van der Waals surface area contributed by atoms with E-state index in [-0.39, 0.29) is 17.6 Å². The minimum Gasteiger partial charge on any atom is -0.406 e. The average Bonchev–Trinajstić information content (AvgIpc) is 3.45. The van der Waals surface area contributed by atoms with Crippen LogP contribution < -0.4 is 10.1 Å². The van der Waals surface area contributed by atoms with Gasteiger partial charge in [-0.15, -0.1) is 18.3 Å². The Balaban J connectivity index is 1.37. The number of hydrogen-bond donors (Lipinski definition) is 2. The number of nitrogens with zero attached hydrogens (tertiary/aromatic N) is 3. The van der Waals surface area contributed by atoms with Crippen molar-refractivity contribution >= 4 is 23.5 Å². The van der Waals surface area contributed by atoms with Crippen LogP contribution in [0.5, 0.6) is 5.75 Å². The number of alkyl halides is 3. The Labute approximate surface area is 232 Å². The van der Waals surface area contributed by atoms with Crippen LogP contribution in [0.3, 0.4) is 0 Å². The van der Waals surface area contributed by atoms with Crippen LogP contribution in [0.15, 0.2) is 91.0 Å². The summed E-state index contributed by atoms with van der Waals surface area (Å²) in [4.78, 5) is 12.4. The first-order valence-corrected chi connectivity index (χ1v) is 12.5. The average molecular weight is 564 g/mol. The quantitative estimate of drug-likeness (QED) is 0.210. The fourth-order valence-corrected chi connectivity index (χ4v) is 4.45. The van der Waals surface area contributed by atoms with E-state index in [1.807, 2.05) is 48.5 Å². The number of carbonyl (C=O) groups excluding carboxylic acids is 1. The number of benzene rings is 4. The van der Waals surface area contributed by atoms with E-state index in [0.29, 0.717) is 23.4 Å². The number of amides is 1. The van der Waals surface area contributed by atoms with Gasteiger partial charge in [-0.25, -0.2) is 0 Å². The minimum atomic E-state index is -4.75. The van der Waals surface area contributed by atoms with Gasteiger partial charge in [0.1, 0.15) is 5.75 Å². The predicted molar refractivity (Wildman–Crippen MR) is 145 cm³/mol. The number of aryl methyl sites for hydroxylation is 2. The molecule has 5 rings (SSSR count). The van der Waals surface area contributed by atoms with Crippen LogP contribution in [0.2, 0.25) is 5.02 Å². The molecule has 0 atom stereocenters. The maximum Gasteiger partial charge on any atom is 0.573 e. The number of tetrazole rings is 1. The van der Waals surface area contributed by atoms with E-state index in [0.717, 1.165) is 33.4 Å². The standard InChI is InChI=1S/C29H21ClF3N5O2/c30-24-3-1-2-22(17-24)26-15-12-21(19-10-13-25(14-11-19)40-29(31,32)33)16-23(26)9-6-18-4-7-20(8-5-18)27(39)34-28-35-37-38-36-28/h1-5,7-8,10-17H,6,9H2,(H2,34,35,36,37,38,39). The molecule has 0 fully saturated rings. The van der Waals surface area contributed by atoms with Gasteiger partial charge in [0.05, 0.1) is 0 Å². The highest BCUT2D eigenvalue weighted by Gasteiger charge is 2.31. The molecule has 0 saturated carbocycles. The highest BCUT2D eigenvalue weighted by atomic mass is 35.5. The van der Waals surface area contributed by atoms with Crippen LogP contribution in [-0.2, 0) is 12.8 Å². The summed E-state index contributed by atoms with van der Waals surface area (Å²) in [5.74, 6) is -0.540. The Morgan fingerprint density at radius 3 is 2.30 bits per heavy atom. The van der Waals surface area contributed by atoms with Crippen LogP contribution in [0.4, 0.5) is 19.1 Å². The van der Waals surface area contributed by atoms with Gasteiger partial charge in [0.2, 0.25) is 0 Å². The minimum absolute atomic E-state index is 0.0880. The van der Waals surface area contributed by atoms with Crippen LogP contribution in [0.1, 0.15) is 21.5 Å². The van der Waals surface area contributed by atoms with Gasteiger partial charge < -0.3 is 4.74 Å². The van der Waals surface area contributed by atoms with Crippen molar-refractivity contribution in [1.29, 1.82) is 0 Å². The Bertz CT molecular complexity index is 1610. The maximum atomic E-state index is 12.6. The molecule has 0 aliphatic heterocycles. The Hall–Kier alpha value is -4.70. The van der Waals surface area contributed by atoms with Gasteiger partial charge in [0.15, 0.2) is 0 Å². The molecule has 0 aliphatic rings. The fraction of sp³-hybridized carbons (Fsp3) is 0.103. The molecule has 0 spiro atoms. The van der Waals surface area contributed by atoms with Crippen LogP contribution in [-0.4, -0.2) is 32.9 Å². The number of halogens is 4. The number of hydrogen-bond acceptors (Lipinski definition) is 5. The first-order chi connectivity index (χ1) is 19.2. The van der Waals surface area contributed by atoms with Crippen molar-refractivity contribution in [2.45, 2.75) is 19.2 Å². The van der Waals surface area contributed by atoms with Crippen LogP contribution in [0, 0.1) is 0 Å². The Kier molecular flexibility index (Phi) is 7.79. The van der Waals surface area contributed by atoms with Crippen molar-refractivity contribution < 1.29 is 22.7 Å². The lowest BCUT2D eigenvalue weighted by Crippen LogP contribution is -2.16. The third-order valence-corrected chi connectivity index (χ3v) is 6.37. The number of aromatic nitrogens is 4. The predicted octanol–water partition coefficient (Wildman–Crippen LogP) is 7.12.